The van der Waals surface area contributed by atoms with Crippen LogP contribution in [0.5, 0.6) is 11.5 Å². The van der Waals surface area contributed by atoms with Crippen molar-refractivity contribution in [2.75, 3.05) is 27.4 Å². The van der Waals surface area contributed by atoms with Gasteiger partial charge in [-0.05, 0) is 43.9 Å². The number of nitrogens with one attached hydrogen (secondary N) is 1. The van der Waals surface area contributed by atoms with Crippen molar-refractivity contribution in [2.24, 2.45) is 5.92 Å². The zero-order chi connectivity index (χ0) is 17.4. The first-order valence-electron chi connectivity index (χ1n) is 8.40. The monoisotopic (exact) mass is 333 g/mol. The maximum absolute atomic E-state index is 12.4. The minimum absolute atomic E-state index is 0.0784. The molecule has 0 fully saturated rings. The number of amides is 1. The molecule has 132 valence electrons. The summed E-state index contributed by atoms with van der Waals surface area (Å²) in [5.41, 5.74) is 0.991. The van der Waals surface area contributed by atoms with Crippen LogP contribution in [0, 0.1) is 5.92 Å². The fraction of sp³-hybridized carbons (Fsp3) is 0.526. The number of allylic oxidation sites excluding steroid dienone is 2. The SMILES string of the molecule is COCCOc1ccc([C@H](C)NC(=O)[C@H]2CC=CCC2)cc1OC. The first-order valence-corrected chi connectivity index (χ1v) is 8.40. The molecule has 0 heterocycles. The van der Waals surface area contributed by atoms with Gasteiger partial charge in [0.25, 0.3) is 0 Å². The lowest BCUT2D eigenvalue weighted by Crippen LogP contribution is -2.33. The summed E-state index contributed by atoms with van der Waals surface area (Å²) in [5, 5.41) is 3.10. The van der Waals surface area contributed by atoms with Gasteiger partial charge < -0.3 is 19.5 Å². The molecule has 0 aliphatic heterocycles. The van der Waals surface area contributed by atoms with Crippen LogP contribution in [0.3, 0.4) is 0 Å². The molecule has 0 spiro atoms. The van der Waals surface area contributed by atoms with Crippen molar-refractivity contribution in [1.29, 1.82) is 0 Å². The third kappa shape index (κ3) is 4.99. The van der Waals surface area contributed by atoms with E-state index in [2.05, 4.69) is 17.5 Å². The van der Waals surface area contributed by atoms with Crippen LogP contribution in [-0.2, 0) is 9.53 Å². The maximum Gasteiger partial charge on any atom is 0.223 e. The predicted octanol–water partition coefficient (Wildman–Crippen LogP) is 3.25. The van der Waals surface area contributed by atoms with Crippen LogP contribution < -0.4 is 14.8 Å². The number of hydrogen-bond acceptors (Lipinski definition) is 4. The number of carbonyl (C=O) groups is 1. The highest BCUT2D eigenvalue weighted by atomic mass is 16.5. The van der Waals surface area contributed by atoms with E-state index in [1.54, 1.807) is 14.2 Å². The second-order valence-electron chi connectivity index (χ2n) is 5.96. The Labute approximate surface area is 144 Å². The molecule has 1 aromatic carbocycles. The third-order valence-electron chi connectivity index (χ3n) is 4.23. The van der Waals surface area contributed by atoms with Crippen LogP contribution in [-0.4, -0.2) is 33.3 Å². The van der Waals surface area contributed by atoms with Gasteiger partial charge in [0.05, 0.1) is 19.8 Å². The number of hydrogen-bond donors (Lipinski definition) is 1. The highest BCUT2D eigenvalue weighted by molar-refractivity contribution is 5.79. The molecule has 2 atom stereocenters. The minimum Gasteiger partial charge on any atom is -0.493 e. The summed E-state index contributed by atoms with van der Waals surface area (Å²) in [7, 11) is 3.25. The zero-order valence-electron chi connectivity index (χ0n) is 14.7. The van der Waals surface area contributed by atoms with Crippen molar-refractivity contribution in [1.82, 2.24) is 5.32 Å². The van der Waals surface area contributed by atoms with Crippen molar-refractivity contribution in [3.8, 4) is 11.5 Å². The minimum atomic E-state index is -0.0784. The van der Waals surface area contributed by atoms with Gasteiger partial charge in [0, 0.05) is 13.0 Å². The van der Waals surface area contributed by atoms with Gasteiger partial charge >= 0.3 is 0 Å². The molecule has 0 unspecified atom stereocenters. The molecule has 0 radical (unpaired) electrons. The maximum atomic E-state index is 12.4. The Bertz CT molecular complexity index is 570. The third-order valence-corrected chi connectivity index (χ3v) is 4.23. The number of methoxy groups -OCH3 is 2. The van der Waals surface area contributed by atoms with E-state index >= 15 is 0 Å². The summed E-state index contributed by atoms with van der Waals surface area (Å²) in [6, 6.07) is 5.66. The van der Waals surface area contributed by atoms with Crippen LogP contribution in [0.15, 0.2) is 30.4 Å². The van der Waals surface area contributed by atoms with Gasteiger partial charge in [-0.1, -0.05) is 18.2 Å². The Balaban J connectivity index is 1.99. The first kappa shape index (κ1) is 18.3. The Hall–Kier alpha value is -2.01. The molecule has 0 bridgehead atoms. The van der Waals surface area contributed by atoms with Gasteiger partial charge in [-0.15, -0.1) is 0 Å². The predicted molar refractivity (Wildman–Crippen MR) is 93.4 cm³/mol. The van der Waals surface area contributed by atoms with E-state index in [0.29, 0.717) is 24.7 Å². The van der Waals surface area contributed by atoms with Crippen molar-refractivity contribution in [2.45, 2.75) is 32.2 Å². The normalized spacial score (nSPS) is 18.0. The summed E-state index contributed by atoms with van der Waals surface area (Å²) < 4.78 is 16.0. The fourth-order valence-electron chi connectivity index (χ4n) is 2.75. The molecule has 5 heteroatoms. The highest BCUT2D eigenvalue weighted by Gasteiger charge is 2.21. The second kappa shape index (κ2) is 9.33. The fourth-order valence-corrected chi connectivity index (χ4v) is 2.75. The van der Waals surface area contributed by atoms with E-state index in [-0.39, 0.29) is 17.9 Å². The van der Waals surface area contributed by atoms with E-state index in [0.717, 1.165) is 24.8 Å². The molecule has 1 amide bonds. The van der Waals surface area contributed by atoms with Crippen LogP contribution in [0.1, 0.15) is 37.8 Å². The second-order valence-corrected chi connectivity index (χ2v) is 5.96. The van der Waals surface area contributed by atoms with Gasteiger partial charge in [0.2, 0.25) is 5.91 Å². The summed E-state index contributed by atoms with van der Waals surface area (Å²) in [6.07, 6.45) is 6.96. The molecule has 1 aliphatic rings. The quantitative estimate of drug-likeness (QED) is 0.586. The molecule has 1 aromatic rings. The van der Waals surface area contributed by atoms with Gasteiger partial charge in [-0.2, -0.15) is 0 Å². The van der Waals surface area contributed by atoms with Crippen molar-refractivity contribution < 1.29 is 19.0 Å². The summed E-state index contributed by atoms with van der Waals surface area (Å²) in [5.74, 6) is 1.53. The molecule has 1 N–H and O–H groups in total. The average molecular weight is 333 g/mol. The molecule has 2 rings (SSSR count). The van der Waals surface area contributed by atoms with Crippen LogP contribution >= 0.6 is 0 Å². The van der Waals surface area contributed by atoms with Crippen molar-refractivity contribution in [3.63, 3.8) is 0 Å². The number of benzene rings is 1. The van der Waals surface area contributed by atoms with Gasteiger partial charge in [-0.25, -0.2) is 0 Å². The average Bonchev–Trinajstić information content (AvgIpc) is 2.62. The van der Waals surface area contributed by atoms with E-state index in [1.165, 1.54) is 0 Å². The largest absolute Gasteiger partial charge is 0.493 e. The standard InChI is InChI=1S/C19H27NO4/c1-14(20-19(21)15-7-5-4-6-8-15)16-9-10-17(18(13-16)23-3)24-12-11-22-2/h4-5,9-10,13-15H,6-8,11-12H2,1-3H3,(H,20,21)/t14-,15-/m0/s1. The Morgan fingerprint density at radius 1 is 1.25 bits per heavy atom. The Kier molecular flexibility index (Phi) is 7.12. The van der Waals surface area contributed by atoms with Gasteiger partial charge in [0.15, 0.2) is 11.5 Å². The molecule has 0 saturated heterocycles. The molecule has 5 nitrogen and oxygen atoms in total. The Morgan fingerprint density at radius 2 is 2.08 bits per heavy atom. The van der Waals surface area contributed by atoms with Gasteiger partial charge in [-0.3, -0.25) is 4.79 Å². The molecule has 0 saturated carbocycles. The van der Waals surface area contributed by atoms with Crippen LogP contribution in [0.2, 0.25) is 0 Å². The lowest BCUT2D eigenvalue weighted by molar-refractivity contribution is -0.125. The lowest BCUT2D eigenvalue weighted by atomic mass is 9.93. The lowest BCUT2D eigenvalue weighted by Gasteiger charge is -2.22. The molecular formula is C19H27NO4. The number of rotatable bonds is 8. The smallest absolute Gasteiger partial charge is 0.223 e. The molecule has 24 heavy (non-hydrogen) atoms. The first-order chi connectivity index (χ1) is 11.7. The molecular weight excluding hydrogens is 306 g/mol. The summed E-state index contributed by atoms with van der Waals surface area (Å²) >= 11 is 0. The topological polar surface area (TPSA) is 56.8 Å². The van der Waals surface area contributed by atoms with Crippen LogP contribution in [0.4, 0.5) is 0 Å². The van der Waals surface area contributed by atoms with E-state index in [4.69, 9.17) is 14.2 Å². The van der Waals surface area contributed by atoms with Crippen LogP contribution in [0.25, 0.3) is 0 Å². The molecule has 0 aromatic heterocycles. The van der Waals surface area contributed by atoms with Gasteiger partial charge in [0.1, 0.15) is 6.61 Å². The van der Waals surface area contributed by atoms with E-state index < -0.39 is 0 Å². The summed E-state index contributed by atoms with van der Waals surface area (Å²) in [6.45, 7) is 2.97. The van der Waals surface area contributed by atoms with Crippen molar-refractivity contribution in [3.05, 3.63) is 35.9 Å². The highest BCUT2D eigenvalue weighted by Crippen LogP contribution is 2.30. The number of ether oxygens (including phenoxy) is 3. The Morgan fingerprint density at radius 3 is 2.75 bits per heavy atom. The van der Waals surface area contributed by atoms with E-state index in [9.17, 15) is 4.79 Å². The number of carbonyl (C=O) groups excluding carboxylic acids is 1. The summed E-state index contributed by atoms with van der Waals surface area (Å²) in [4.78, 5) is 12.4. The zero-order valence-corrected chi connectivity index (χ0v) is 14.7. The van der Waals surface area contributed by atoms with Crippen molar-refractivity contribution >= 4 is 5.91 Å². The molecule has 1 aliphatic carbocycles. The van der Waals surface area contributed by atoms with E-state index in [1.807, 2.05) is 25.1 Å².